The van der Waals surface area contributed by atoms with Crippen molar-refractivity contribution >= 4 is 34.3 Å². The molecule has 0 aliphatic carbocycles. The van der Waals surface area contributed by atoms with Crippen molar-refractivity contribution < 1.29 is 4.74 Å². The standard InChI is InChI=1S/C14H14N4OS/c20-14-17-16-12-10-5-1-2-6-11(10)15-13(12)18(14)8-9-4-3-7-19-9/h1-2,5-6,9,15H,3-4,7-8H2/t9-/m1/s1. The van der Waals surface area contributed by atoms with Crippen molar-refractivity contribution in [3.05, 3.63) is 29.0 Å². The molecule has 6 heteroatoms. The van der Waals surface area contributed by atoms with E-state index in [-0.39, 0.29) is 6.10 Å². The fourth-order valence-corrected chi connectivity index (χ4v) is 3.02. The Hall–Kier alpha value is -1.79. The molecule has 1 aliphatic heterocycles. The molecule has 4 rings (SSSR count). The smallest absolute Gasteiger partial charge is 0.222 e. The Balaban J connectivity index is 1.93. The molecule has 1 aromatic carbocycles. The molecule has 20 heavy (non-hydrogen) atoms. The monoisotopic (exact) mass is 286 g/mol. The van der Waals surface area contributed by atoms with Gasteiger partial charge in [0.15, 0.2) is 0 Å². The van der Waals surface area contributed by atoms with Gasteiger partial charge in [0.05, 0.1) is 12.6 Å². The number of para-hydroxylation sites is 1. The van der Waals surface area contributed by atoms with E-state index in [9.17, 15) is 0 Å². The van der Waals surface area contributed by atoms with E-state index in [1.165, 1.54) is 0 Å². The van der Waals surface area contributed by atoms with Gasteiger partial charge in [0.2, 0.25) is 4.77 Å². The van der Waals surface area contributed by atoms with Crippen LogP contribution >= 0.6 is 12.2 Å². The highest BCUT2D eigenvalue weighted by atomic mass is 32.1. The van der Waals surface area contributed by atoms with Crippen LogP contribution in [0.5, 0.6) is 0 Å². The third-order valence-corrected chi connectivity index (χ3v) is 4.11. The van der Waals surface area contributed by atoms with Gasteiger partial charge in [-0.1, -0.05) is 18.2 Å². The van der Waals surface area contributed by atoms with E-state index in [1.54, 1.807) is 0 Å². The van der Waals surface area contributed by atoms with Crippen LogP contribution in [0.1, 0.15) is 12.8 Å². The Bertz CT molecular complexity index is 832. The predicted octanol–water partition coefficient (Wildman–Crippen LogP) is 2.82. The van der Waals surface area contributed by atoms with Crippen LogP contribution in [-0.2, 0) is 11.3 Å². The van der Waals surface area contributed by atoms with Gasteiger partial charge in [-0.05, 0) is 31.1 Å². The summed E-state index contributed by atoms with van der Waals surface area (Å²) in [7, 11) is 0. The lowest BCUT2D eigenvalue weighted by Gasteiger charge is -2.12. The predicted molar refractivity (Wildman–Crippen MR) is 79.2 cm³/mol. The molecular formula is C14H14N4OS. The molecule has 0 spiro atoms. The lowest BCUT2D eigenvalue weighted by molar-refractivity contribution is 0.0971. The number of rotatable bonds is 2. The van der Waals surface area contributed by atoms with Crippen molar-refractivity contribution in [2.24, 2.45) is 0 Å². The van der Waals surface area contributed by atoms with Crippen LogP contribution in [0.15, 0.2) is 24.3 Å². The van der Waals surface area contributed by atoms with Crippen molar-refractivity contribution in [3.8, 4) is 0 Å². The number of fused-ring (bicyclic) bond motifs is 3. The second-order valence-electron chi connectivity index (χ2n) is 5.10. The summed E-state index contributed by atoms with van der Waals surface area (Å²) in [5, 5.41) is 9.46. The second kappa shape index (κ2) is 4.64. The fourth-order valence-electron chi connectivity index (χ4n) is 2.81. The van der Waals surface area contributed by atoms with Crippen LogP contribution in [0.4, 0.5) is 0 Å². The number of hydrogen-bond acceptors (Lipinski definition) is 4. The molecule has 0 bridgehead atoms. The summed E-state index contributed by atoms with van der Waals surface area (Å²) >= 11 is 5.33. The van der Waals surface area contributed by atoms with Crippen molar-refractivity contribution in [3.63, 3.8) is 0 Å². The van der Waals surface area contributed by atoms with E-state index in [0.29, 0.717) is 4.77 Å². The lowest BCUT2D eigenvalue weighted by Crippen LogP contribution is -2.17. The highest BCUT2D eigenvalue weighted by molar-refractivity contribution is 7.71. The molecule has 1 saturated heterocycles. The molecule has 1 N–H and O–H groups in total. The van der Waals surface area contributed by atoms with E-state index in [0.717, 1.165) is 48.1 Å². The summed E-state index contributed by atoms with van der Waals surface area (Å²) in [6.45, 7) is 1.57. The van der Waals surface area contributed by atoms with Gasteiger partial charge in [0.25, 0.3) is 0 Å². The first-order valence-corrected chi connectivity index (χ1v) is 7.19. The van der Waals surface area contributed by atoms with Crippen molar-refractivity contribution in [2.45, 2.75) is 25.5 Å². The minimum atomic E-state index is 0.223. The number of ether oxygens (including phenoxy) is 1. The van der Waals surface area contributed by atoms with Crippen molar-refractivity contribution in [1.29, 1.82) is 0 Å². The molecular weight excluding hydrogens is 272 g/mol. The Kier molecular flexibility index (Phi) is 2.78. The van der Waals surface area contributed by atoms with Crippen LogP contribution in [0, 0.1) is 4.77 Å². The fraction of sp³-hybridized carbons (Fsp3) is 0.357. The summed E-state index contributed by atoms with van der Waals surface area (Å²) in [4.78, 5) is 3.40. The minimum absolute atomic E-state index is 0.223. The van der Waals surface area contributed by atoms with Crippen LogP contribution in [0.2, 0.25) is 0 Å². The van der Waals surface area contributed by atoms with E-state index in [4.69, 9.17) is 17.0 Å². The molecule has 0 saturated carbocycles. The number of H-pyrrole nitrogens is 1. The molecule has 3 aromatic rings. The summed E-state index contributed by atoms with van der Waals surface area (Å²) in [5.41, 5.74) is 2.85. The molecule has 0 radical (unpaired) electrons. The normalized spacial score (nSPS) is 19.1. The molecule has 102 valence electrons. The van der Waals surface area contributed by atoms with Crippen molar-refractivity contribution in [1.82, 2.24) is 19.7 Å². The maximum atomic E-state index is 5.71. The quantitative estimate of drug-likeness (QED) is 0.736. The highest BCUT2D eigenvalue weighted by Gasteiger charge is 2.18. The Morgan fingerprint density at radius 1 is 1.35 bits per heavy atom. The van der Waals surface area contributed by atoms with Gasteiger partial charge >= 0.3 is 0 Å². The van der Waals surface area contributed by atoms with Gasteiger partial charge in [-0.3, -0.25) is 4.57 Å². The van der Waals surface area contributed by atoms with E-state index >= 15 is 0 Å². The molecule has 3 heterocycles. The van der Waals surface area contributed by atoms with Gasteiger partial charge in [0.1, 0.15) is 11.2 Å². The zero-order valence-corrected chi connectivity index (χ0v) is 11.7. The van der Waals surface area contributed by atoms with Gasteiger partial charge in [-0.25, -0.2) is 0 Å². The summed E-state index contributed by atoms with van der Waals surface area (Å²) in [6.07, 6.45) is 2.42. The molecule has 1 aliphatic rings. The Morgan fingerprint density at radius 2 is 2.25 bits per heavy atom. The van der Waals surface area contributed by atoms with Crippen LogP contribution < -0.4 is 0 Å². The SMILES string of the molecule is S=c1nnc2c3ccccc3[nH]c2n1C[C@H]1CCCO1. The summed E-state index contributed by atoms with van der Waals surface area (Å²) in [6, 6.07) is 8.09. The van der Waals surface area contributed by atoms with E-state index < -0.39 is 0 Å². The number of aromatic amines is 1. The third-order valence-electron chi connectivity index (χ3n) is 3.81. The number of hydrogen-bond donors (Lipinski definition) is 1. The number of benzene rings is 1. The number of aromatic nitrogens is 4. The van der Waals surface area contributed by atoms with Gasteiger partial charge in [-0.2, -0.15) is 0 Å². The van der Waals surface area contributed by atoms with Crippen molar-refractivity contribution in [2.75, 3.05) is 6.61 Å². The first-order valence-electron chi connectivity index (χ1n) is 6.78. The molecule has 1 atom stereocenters. The Labute approximate surface area is 120 Å². The number of nitrogens with one attached hydrogen (secondary N) is 1. The van der Waals surface area contributed by atoms with E-state index in [2.05, 4.69) is 15.2 Å². The van der Waals surface area contributed by atoms with Crippen LogP contribution in [0.3, 0.4) is 0 Å². The summed E-state index contributed by atoms with van der Waals surface area (Å²) in [5.74, 6) is 0. The van der Waals surface area contributed by atoms with Crippen LogP contribution in [0.25, 0.3) is 22.1 Å². The molecule has 0 amide bonds. The van der Waals surface area contributed by atoms with E-state index in [1.807, 2.05) is 28.8 Å². The zero-order valence-electron chi connectivity index (χ0n) is 10.9. The maximum Gasteiger partial charge on any atom is 0.222 e. The van der Waals surface area contributed by atoms with Gasteiger partial charge in [0, 0.05) is 17.5 Å². The van der Waals surface area contributed by atoms with Gasteiger partial charge < -0.3 is 9.72 Å². The lowest BCUT2D eigenvalue weighted by atomic mass is 10.2. The van der Waals surface area contributed by atoms with Crippen LogP contribution in [-0.4, -0.2) is 32.5 Å². The minimum Gasteiger partial charge on any atom is -0.376 e. The third kappa shape index (κ3) is 1.83. The first-order chi connectivity index (χ1) is 9.83. The average molecular weight is 286 g/mol. The topological polar surface area (TPSA) is 55.7 Å². The zero-order chi connectivity index (χ0) is 13.5. The largest absolute Gasteiger partial charge is 0.376 e. The van der Waals surface area contributed by atoms with Gasteiger partial charge in [-0.15, -0.1) is 10.2 Å². The Morgan fingerprint density at radius 3 is 3.10 bits per heavy atom. The summed E-state index contributed by atoms with van der Waals surface area (Å²) < 4.78 is 8.21. The average Bonchev–Trinajstić information content (AvgIpc) is 3.09. The maximum absolute atomic E-state index is 5.71. The number of nitrogens with zero attached hydrogens (tertiary/aromatic N) is 3. The molecule has 5 nitrogen and oxygen atoms in total. The molecule has 2 aromatic heterocycles. The first kappa shape index (κ1) is 12.0. The highest BCUT2D eigenvalue weighted by Crippen LogP contribution is 2.24. The second-order valence-corrected chi connectivity index (χ2v) is 5.46. The molecule has 0 unspecified atom stereocenters. The molecule has 1 fully saturated rings.